The van der Waals surface area contributed by atoms with Gasteiger partial charge in [0, 0.05) is 42.2 Å². The van der Waals surface area contributed by atoms with Crippen molar-refractivity contribution in [3.63, 3.8) is 0 Å². The Morgan fingerprint density at radius 3 is 2.54 bits per heavy atom. The average Bonchev–Trinajstić information content (AvgIpc) is 2.99. The number of rotatable bonds is 7. The minimum absolute atomic E-state index is 0.0358. The number of hydrogen-bond donors (Lipinski definition) is 1. The van der Waals surface area contributed by atoms with Gasteiger partial charge in [-0.1, -0.05) is 32.9 Å². The first kappa shape index (κ1) is 19.8. The molecule has 0 fully saturated rings. The summed E-state index contributed by atoms with van der Waals surface area (Å²) < 4.78 is 6.94. The second-order valence-electron chi connectivity index (χ2n) is 7.44. The zero-order valence-corrected chi connectivity index (χ0v) is 16.0. The van der Waals surface area contributed by atoms with Gasteiger partial charge < -0.3 is 15.0 Å². The van der Waals surface area contributed by atoms with Gasteiger partial charge in [0.15, 0.2) is 5.78 Å². The summed E-state index contributed by atoms with van der Waals surface area (Å²) in [5.41, 5.74) is 8.47. The molecule has 2 rings (SSSR count). The van der Waals surface area contributed by atoms with Crippen LogP contribution in [0.2, 0.25) is 0 Å². The number of benzene rings is 1. The number of aryl methyl sites for hydroxylation is 1. The summed E-state index contributed by atoms with van der Waals surface area (Å²) in [6.07, 6.45) is 4.92. The molecule has 0 aliphatic rings. The summed E-state index contributed by atoms with van der Waals surface area (Å²) in [5, 5.41) is 0. The number of anilines is 1. The number of nitrogens with zero attached hydrogens (tertiary/aromatic N) is 1. The van der Waals surface area contributed by atoms with Crippen molar-refractivity contribution in [1.29, 1.82) is 0 Å². The second kappa shape index (κ2) is 8.21. The number of ketones is 1. The molecular weight excluding hydrogens is 328 g/mol. The van der Waals surface area contributed by atoms with Crippen molar-refractivity contribution in [3.8, 4) is 0 Å². The Hall–Kier alpha value is -2.56. The van der Waals surface area contributed by atoms with Crippen molar-refractivity contribution in [2.24, 2.45) is 0 Å². The van der Waals surface area contributed by atoms with Crippen molar-refractivity contribution < 1.29 is 14.3 Å². The number of esters is 1. The summed E-state index contributed by atoms with van der Waals surface area (Å²) >= 11 is 0. The van der Waals surface area contributed by atoms with Gasteiger partial charge >= 0.3 is 5.97 Å². The smallest absolute Gasteiger partial charge is 0.305 e. The predicted octanol–water partition coefficient (Wildman–Crippen LogP) is 3.94. The molecule has 5 heteroatoms. The van der Waals surface area contributed by atoms with Crippen LogP contribution >= 0.6 is 0 Å². The Balaban J connectivity index is 2.23. The summed E-state index contributed by atoms with van der Waals surface area (Å²) in [6.45, 7) is 9.11. The first-order valence-corrected chi connectivity index (χ1v) is 8.98. The van der Waals surface area contributed by atoms with Crippen LogP contribution in [-0.4, -0.2) is 22.9 Å². The summed E-state index contributed by atoms with van der Waals surface area (Å²) in [6, 6.07) is 7.04. The van der Waals surface area contributed by atoms with Gasteiger partial charge in [0.2, 0.25) is 0 Å². The second-order valence-corrected chi connectivity index (χ2v) is 7.44. The normalized spacial score (nSPS) is 11.4. The fourth-order valence-electron chi connectivity index (χ4n) is 2.89. The van der Waals surface area contributed by atoms with Gasteiger partial charge in [0.1, 0.15) is 0 Å². The number of ether oxygens (including phenoxy) is 1. The Bertz CT molecular complexity index is 785. The van der Waals surface area contributed by atoms with Crippen molar-refractivity contribution >= 4 is 17.4 Å². The highest BCUT2D eigenvalue weighted by Gasteiger charge is 2.25. The lowest BCUT2D eigenvalue weighted by Gasteiger charge is -2.19. The summed E-state index contributed by atoms with van der Waals surface area (Å²) in [7, 11) is 0. The summed E-state index contributed by atoms with van der Waals surface area (Å²) in [4.78, 5) is 24.5. The molecule has 0 bridgehead atoms. The number of carbonyl (C=O) groups is 2. The molecule has 1 heterocycles. The highest BCUT2D eigenvalue weighted by atomic mass is 16.5. The third kappa shape index (κ3) is 4.97. The molecule has 2 aromatic rings. The molecule has 5 nitrogen and oxygen atoms in total. The monoisotopic (exact) mass is 356 g/mol. The molecular formula is C21H28N2O3. The van der Waals surface area contributed by atoms with Crippen molar-refractivity contribution in [3.05, 3.63) is 53.3 Å². The molecule has 0 saturated heterocycles. The fourth-order valence-corrected chi connectivity index (χ4v) is 2.89. The quantitative estimate of drug-likeness (QED) is 0.463. The molecule has 1 aromatic heterocycles. The third-order valence-corrected chi connectivity index (χ3v) is 4.18. The van der Waals surface area contributed by atoms with Crippen molar-refractivity contribution in [1.82, 2.24) is 4.57 Å². The Kier molecular flexibility index (Phi) is 6.24. The minimum Gasteiger partial charge on any atom is -0.466 e. The minimum atomic E-state index is -0.188. The van der Waals surface area contributed by atoms with Crippen LogP contribution in [0.5, 0.6) is 0 Å². The summed E-state index contributed by atoms with van der Waals surface area (Å²) in [5.74, 6) is -0.224. The molecule has 1 aromatic carbocycles. The van der Waals surface area contributed by atoms with Crippen LogP contribution < -0.4 is 5.73 Å². The van der Waals surface area contributed by atoms with Crippen LogP contribution in [0, 0.1) is 0 Å². The van der Waals surface area contributed by atoms with Gasteiger partial charge in [0.25, 0.3) is 0 Å². The Morgan fingerprint density at radius 2 is 1.92 bits per heavy atom. The van der Waals surface area contributed by atoms with Crippen molar-refractivity contribution in [2.75, 3.05) is 12.3 Å². The highest BCUT2D eigenvalue weighted by molar-refractivity contribution is 6.10. The van der Waals surface area contributed by atoms with E-state index >= 15 is 0 Å². The maximum absolute atomic E-state index is 13.0. The van der Waals surface area contributed by atoms with Gasteiger partial charge in [0.05, 0.1) is 6.61 Å². The molecule has 0 spiro atoms. The maximum atomic E-state index is 13.0. The Morgan fingerprint density at radius 1 is 1.19 bits per heavy atom. The fraction of sp³-hybridized carbons (Fsp3) is 0.429. The van der Waals surface area contributed by atoms with E-state index in [-0.39, 0.29) is 17.2 Å². The lowest BCUT2D eigenvalue weighted by atomic mass is 9.84. The van der Waals surface area contributed by atoms with E-state index in [4.69, 9.17) is 10.5 Å². The average molecular weight is 356 g/mol. The molecule has 0 saturated carbocycles. The van der Waals surface area contributed by atoms with E-state index in [1.165, 1.54) is 0 Å². The topological polar surface area (TPSA) is 74.3 Å². The predicted molar refractivity (Wildman–Crippen MR) is 103 cm³/mol. The first-order valence-electron chi connectivity index (χ1n) is 8.98. The van der Waals surface area contributed by atoms with E-state index in [9.17, 15) is 9.59 Å². The molecule has 0 aliphatic carbocycles. The first-order chi connectivity index (χ1) is 12.2. The maximum Gasteiger partial charge on any atom is 0.305 e. The number of nitrogens with two attached hydrogens (primary N) is 1. The zero-order valence-electron chi connectivity index (χ0n) is 16.0. The van der Waals surface area contributed by atoms with Crippen LogP contribution in [0.25, 0.3) is 0 Å². The molecule has 0 unspecified atom stereocenters. The number of hydrogen-bond acceptors (Lipinski definition) is 4. The molecule has 2 N–H and O–H groups in total. The van der Waals surface area contributed by atoms with Gasteiger partial charge in [-0.25, -0.2) is 0 Å². The molecule has 26 heavy (non-hydrogen) atoms. The van der Waals surface area contributed by atoms with E-state index in [0.717, 1.165) is 5.56 Å². The van der Waals surface area contributed by atoms with Gasteiger partial charge in [-0.2, -0.15) is 0 Å². The standard InChI is InChI=1S/C21H28N2O3/c1-5-26-19(24)10-7-11-23-13-17(18(14-23)21(2,3)4)20(25)15-8-6-9-16(22)12-15/h6,8-9,12-14H,5,7,10-11,22H2,1-4H3. The van der Waals surface area contributed by atoms with Crippen LogP contribution in [0.15, 0.2) is 36.7 Å². The van der Waals surface area contributed by atoms with Crippen LogP contribution in [-0.2, 0) is 21.5 Å². The molecule has 0 aliphatic heterocycles. The zero-order chi connectivity index (χ0) is 19.3. The van der Waals surface area contributed by atoms with Crippen LogP contribution in [0.4, 0.5) is 5.69 Å². The molecule has 0 radical (unpaired) electrons. The number of nitrogen functional groups attached to an aromatic ring is 1. The van der Waals surface area contributed by atoms with E-state index < -0.39 is 0 Å². The lowest BCUT2D eigenvalue weighted by Crippen LogP contribution is -2.15. The largest absolute Gasteiger partial charge is 0.466 e. The van der Waals surface area contributed by atoms with E-state index in [0.29, 0.717) is 42.8 Å². The van der Waals surface area contributed by atoms with Crippen LogP contribution in [0.3, 0.4) is 0 Å². The van der Waals surface area contributed by atoms with Gasteiger partial charge in [-0.3, -0.25) is 9.59 Å². The molecule has 0 atom stereocenters. The van der Waals surface area contributed by atoms with Crippen molar-refractivity contribution in [2.45, 2.75) is 52.5 Å². The highest BCUT2D eigenvalue weighted by Crippen LogP contribution is 2.29. The SMILES string of the molecule is CCOC(=O)CCCn1cc(C(=O)c2cccc(N)c2)c(C(C)(C)C)c1. The Labute approximate surface area is 155 Å². The lowest BCUT2D eigenvalue weighted by molar-refractivity contribution is -0.143. The number of carbonyl (C=O) groups excluding carboxylic acids is 2. The molecule has 0 amide bonds. The van der Waals surface area contributed by atoms with Crippen LogP contribution in [0.1, 0.15) is 62.0 Å². The molecule has 140 valence electrons. The van der Waals surface area contributed by atoms with Gasteiger partial charge in [-0.05, 0) is 36.5 Å². The third-order valence-electron chi connectivity index (χ3n) is 4.18. The van der Waals surface area contributed by atoms with E-state index in [2.05, 4.69) is 20.8 Å². The van der Waals surface area contributed by atoms with E-state index in [1.807, 2.05) is 17.0 Å². The van der Waals surface area contributed by atoms with Gasteiger partial charge in [-0.15, -0.1) is 0 Å². The van der Waals surface area contributed by atoms with E-state index in [1.54, 1.807) is 31.2 Å². The number of aromatic nitrogens is 1.